The summed E-state index contributed by atoms with van der Waals surface area (Å²) in [7, 11) is 3.52. The zero-order valence-electron chi connectivity index (χ0n) is 11.8. The molecule has 4 nitrogen and oxygen atoms in total. The van der Waals surface area contributed by atoms with Crippen LogP contribution in [-0.4, -0.2) is 20.3 Å². The molecule has 2 aromatic rings. The van der Waals surface area contributed by atoms with Crippen LogP contribution in [-0.2, 0) is 0 Å². The largest absolute Gasteiger partial charge is 0.376 e. The van der Waals surface area contributed by atoms with Crippen molar-refractivity contribution in [3.8, 4) is 6.07 Å². The molecule has 0 amide bonds. The Hall–Kier alpha value is -2.87. The molecule has 0 radical (unpaired) electrons. The lowest BCUT2D eigenvalue weighted by atomic mass is 10.1. The average molecular weight is 282 g/mol. The maximum absolute atomic E-state index is 14.0. The third kappa shape index (κ3) is 3.37. The molecule has 0 heterocycles. The number of nitrogens with zero attached hydrogens (tertiary/aromatic N) is 3. The summed E-state index contributed by atoms with van der Waals surface area (Å²) in [6, 6.07) is 14.2. The van der Waals surface area contributed by atoms with Gasteiger partial charge in [-0.1, -0.05) is 18.2 Å². The van der Waals surface area contributed by atoms with Crippen molar-refractivity contribution in [2.75, 3.05) is 24.4 Å². The van der Waals surface area contributed by atoms with Crippen molar-refractivity contribution in [3.05, 3.63) is 59.4 Å². The van der Waals surface area contributed by atoms with Gasteiger partial charge in [-0.05, 0) is 24.3 Å². The van der Waals surface area contributed by atoms with Gasteiger partial charge in [0.2, 0.25) is 0 Å². The molecule has 0 unspecified atom stereocenters. The van der Waals surface area contributed by atoms with E-state index < -0.39 is 5.82 Å². The number of para-hydroxylation sites is 1. The molecular weight excluding hydrogens is 267 g/mol. The van der Waals surface area contributed by atoms with Crippen molar-refractivity contribution in [2.45, 2.75) is 0 Å². The molecule has 0 aliphatic heterocycles. The second-order valence-electron chi connectivity index (χ2n) is 4.60. The molecule has 2 rings (SSSR count). The van der Waals surface area contributed by atoms with Gasteiger partial charge in [0.1, 0.15) is 11.9 Å². The molecule has 1 N–H and O–H groups in total. The summed E-state index contributed by atoms with van der Waals surface area (Å²) in [6.07, 6.45) is 1.39. The maximum atomic E-state index is 14.0. The summed E-state index contributed by atoms with van der Waals surface area (Å²) in [5, 5.41) is 13.2. The summed E-state index contributed by atoms with van der Waals surface area (Å²) in [6.45, 7) is 0. The molecule has 5 heteroatoms. The first-order chi connectivity index (χ1) is 10.1. The van der Waals surface area contributed by atoms with E-state index in [1.807, 2.05) is 30.3 Å². The van der Waals surface area contributed by atoms with Crippen LogP contribution in [0.1, 0.15) is 11.1 Å². The van der Waals surface area contributed by atoms with Crippen molar-refractivity contribution < 1.29 is 4.39 Å². The molecular formula is C16H15FN4. The second kappa shape index (κ2) is 6.53. The summed E-state index contributed by atoms with van der Waals surface area (Å²) < 4.78 is 14.0. The predicted octanol–water partition coefficient (Wildman–Crippen LogP) is 3.21. The lowest BCUT2D eigenvalue weighted by Crippen LogP contribution is -2.14. The summed E-state index contributed by atoms with van der Waals surface area (Å²) in [5.41, 5.74) is 4.82. The first-order valence-corrected chi connectivity index (χ1v) is 6.37. The van der Waals surface area contributed by atoms with Crippen LogP contribution in [0.2, 0.25) is 0 Å². The highest BCUT2D eigenvalue weighted by Crippen LogP contribution is 2.24. The number of benzene rings is 2. The van der Waals surface area contributed by atoms with E-state index in [-0.39, 0.29) is 5.56 Å². The zero-order chi connectivity index (χ0) is 15.2. The fourth-order valence-electron chi connectivity index (χ4n) is 1.96. The Balaban J connectivity index is 2.33. The quantitative estimate of drug-likeness (QED) is 0.692. The van der Waals surface area contributed by atoms with Crippen LogP contribution < -0.4 is 10.3 Å². The minimum Gasteiger partial charge on any atom is -0.376 e. The molecule has 2 aromatic carbocycles. The number of hydrogen-bond acceptors (Lipinski definition) is 4. The molecule has 0 saturated heterocycles. The molecule has 0 saturated carbocycles. The van der Waals surface area contributed by atoms with Gasteiger partial charge in [-0.15, -0.1) is 0 Å². The Morgan fingerprint density at radius 1 is 1.19 bits per heavy atom. The number of anilines is 2. The van der Waals surface area contributed by atoms with Gasteiger partial charge in [-0.2, -0.15) is 10.4 Å². The molecule has 0 bridgehead atoms. The highest BCUT2D eigenvalue weighted by Gasteiger charge is 2.13. The van der Waals surface area contributed by atoms with Crippen LogP contribution in [0.4, 0.5) is 15.8 Å². The van der Waals surface area contributed by atoms with Crippen LogP contribution in [0.15, 0.2) is 47.6 Å². The predicted molar refractivity (Wildman–Crippen MR) is 83.1 cm³/mol. The Bertz CT molecular complexity index is 687. The van der Waals surface area contributed by atoms with Crippen LogP contribution in [0.5, 0.6) is 0 Å². The van der Waals surface area contributed by atoms with Gasteiger partial charge >= 0.3 is 0 Å². The lowest BCUT2D eigenvalue weighted by molar-refractivity contribution is 0.625. The van der Waals surface area contributed by atoms with Crippen LogP contribution in [0.3, 0.4) is 0 Å². The molecule has 0 aromatic heterocycles. The number of halogens is 1. The zero-order valence-corrected chi connectivity index (χ0v) is 11.8. The van der Waals surface area contributed by atoms with Crippen molar-refractivity contribution in [1.29, 1.82) is 5.26 Å². The van der Waals surface area contributed by atoms with Gasteiger partial charge in [-0.25, -0.2) is 4.39 Å². The molecule has 0 atom stereocenters. The van der Waals surface area contributed by atoms with E-state index in [0.29, 0.717) is 11.3 Å². The molecule has 0 aliphatic rings. The third-order valence-corrected chi connectivity index (χ3v) is 2.89. The first kappa shape index (κ1) is 14.5. The lowest BCUT2D eigenvalue weighted by Gasteiger charge is -2.17. The summed E-state index contributed by atoms with van der Waals surface area (Å²) in [5.74, 6) is -0.420. The first-order valence-electron chi connectivity index (χ1n) is 6.37. The van der Waals surface area contributed by atoms with Gasteiger partial charge in [0, 0.05) is 14.1 Å². The normalized spacial score (nSPS) is 10.4. The van der Waals surface area contributed by atoms with Crippen molar-refractivity contribution in [2.24, 2.45) is 5.10 Å². The van der Waals surface area contributed by atoms with Crippen molar-refractivity contribution >= 4 is 17.6 Å². The number of rotatable bonds is 4. The number of nitriles is 1. The van der Waals surface area contributed by atoms with E-state index in [1.54, 1.807) is 19.0 Å². The fraction of sp³-hybridized carbons (Fsp3) is 0.125. The fourth-order valence-corrected chi connectivity index (χ4v) is 1.96. The summed E-state index contributed by atoms with van der Waals surface area (Å²) >= 11 is 0. The second-order valence-corrected chi connectivity index (χ2v) is 4.60. The average Bonchev–Trinajstić information content (AvgIpc) is 2.49. The van der Waals surface area contributed by atoms with E-state index in [4.69, 9.17) is 5.26 Å². The Labute approximate surface area is 123 Å². The number of hydrazone groups is 1. The summed E-state index contributed by atoms with van der Waals surface area (Å²) in [4.78, 5) is 1.70. The molecule has 106 valence electrons. The van der Waals surface area contributed by atoms with Gasteiger partial charge in [0.05, 0.1) is 28.7 Å². The number of hydrogen-bond donors (Lipinski definition) is 1. The third-order valence-electron chi connectivity index (χ3n) is 2.89. The van der Waals surface area contributed by atoms with Crippen molar-refractivity contribution in [1.82, 2.24) is 0 Å². The molecule has 21 heavy (non-hydrogen) atoms. The SMILES string of the molecule is CN(C)c1c(C#N)ccc(F)c1C=NNc1ccccc1. The minimum absolute atomic E-state index is 0.280. The van der Waals surface area contributed by atoms with Gasteiger partial charge < -0.3 is 4.90 Å². The Kier molecular flexibility index (Phi) is 4.52. The van der Waals surface area contributed by atoms with Crippen LogP contribution >= 0.6 is 0 Å². The highest BCUT2D eigenvalue weighted by molar-refractivity contribution is 5.90. The van der Waals surface area contributed by atoms with E-state index in [0.717, 1.165) is 5.69 Å². The van der Waals surface area contributed by atoms with Crippen LogP contribution in [0.25, 0.3) is 0 Å². The van der Waals surface area contributed by atoms with E-state index in [1.165, 1.54) is 18.3 Å². The Morgan fingerprint density at radius 3 is 2.52 bits per heavy atom. The number of nitrogens with one attached hydrogen (secondary N) is 1. The van der Waals surface area contributed by atoms with Gasteiger partial charge in [0.15, 0.2) is 0 Å². The standard InChI is InChI=1S/C16H15FN4/c1-21(2)16-12(10-18)8-9-15(17)14(16)11-19-20-13-6-4-3-5-7-13/h3-9,11,20H,1-2H3. The molecule has 0 spiro atoms. The minimum atomic E-state index is -0.420. The monoisotopic (exact) mass is 282 g/mol. The van der Waals surface area contributed by atoms with Crippen LogP contribution in [0, 0.1) is 17.1 Å². The van der Waals surface area contributed by atoms with Gasteiger partial charge in [-0.3, -0.25) is 5.43 Å². The van der Waals surface area contributed by atoms with E-state index >= 15 is 0 Å². The molecule has 0 aliphatic carbocycles. The smallest absolute Gasteiger partial charge is 0.134 e. The topological polar surface area (TPSA) is 51.4 Å². The van der Waals surface area contributed by atoms with Gasteiger partial charge in [0.25, 0.3) is 0 Å². The Morgan fingerprint density at radius 2 is 1.90 bits per heavy atom. The van der Waals surface area contributed by atoms with E-state index in [9.17, 15) is 4.39 Å². The maximum Gasteiger partial charge on any atom is 0.134 e. The highest BCUT2D eigenvalue weighted by atomic mass is 19.1. The van der Waals surface area contributed by atoms with Crippen molar-refractivity contribution in [3.63, 3.8) is 0 Å². The van der Waals surface area contributed by atoms with E-state index in [2.05, 4.69) is 16.6 Å². The molecule has 0 fully saturated rings.